The molecule has 1 unspecified atom stereocenters. The SMILES string of the molecule is Cc1nc(C)c(C(Cc2ccc(F)c(F)c2)NN)s1. The quantitative estimate of drug-likeness (QED) is 0.670. The number of hydrazine groups is 1. The normalized spacial score (nSPS) is 12.7. The van der Waals surface area contributed by atoms with E-state index in [0.29, 0.717) is 12.0 Å². The average Bonchev–Trinajstić information content (AvgIpc) is 2.70. The summed E-state index contributed by atoms with van der Waals surface area (Å²) < 4.78 is 26.1. The van der Waals surface area contributed by atoms with Gasteiger partial charge in [-0.1, -0.05) is 6.07 Å². The second-order valence-electron chi connectivity index (χ2n) is 4.35. The molecule has 1 aromatic carbocycles. The lowest BCUT2D eigenvalue weighted by Crippen LogP contribution is -2.29. The highest BCUT2D eigenvalue weighted by molar-refractivity contribution is 7.11. The van der Waals surface area contributed by atoms with E-state index in [0.717, 1.165) is 21.6 Å². The maximum atomic E-state index is 13.2. The van der Waals surface area contributed by atoms with Gasteiger partial charge in [-0.05, 0) is 38.0 Å². The summed E-state index contributed by atoms with van der Waals surface area (Å²) in [7, 11) is 0. The fourth-order valence-electron chi connectivity index (χ4n) is 2.00. The van der Waals surface area contributed by atoms with Gasteiger partial charge in [-0.3, -0.25) is 11.3 Å². The second-order valence-corrected chi connectivity index (χ2v) is 5.59. The minimum atomic E-state index is -0.842. The molecule has 3 N–H and O–H groups in total. The minimum Gasteiger partial charge on any atom is -0.271 e. The van der Waals surface area contributed by atoms with E-state index in [1.807, 2.05) is 13.8 Å². The molecular formula is C13H15F2N3S. The van der Waals surface area contributed by atoms with Crippen LogP contribution in [0, 0.1) is 25.5 Å². The third kappa shape index (κ3) is 3.15. The lowest BCUT2D eigenvalue weighted by Gasteiger charge is -2.15. The molecule has 3 nitrogen and oxygen atoms in total. The molecule has 0 radical (unpaired) electrons. The van der Waals surface area contributed by atoms with Gasteiger partial charge in [0, 0.05) is 4.88 Å². The van der Waals surface area contributed by atoms with Crippen molar-refractivity contribution in [2.75, 3.05) is 0 Å². The first-order valence-electron chi connectivity index (χ1n) is 5.85. The molecule has 0 amide bonds. The zero-order valence-corrected chi connectivity index (χ0v) is 11.5. The molecule has 0 saturated carbocycles. The zero-order valence-electron chi connectivity index (χ0n) is 10.7. The van der Waals surface area contributed by atoms with E-state index in [1.165, 1.54) is 6.07 Å². The van der Waals surface area contributed by atoms with Crippen LogP contribution >= 0.6 is 11.3 Å². The molecule has 2 rings (SSSR count). The van der Waals surface area contributed by atoms with Crippen LogP contribution < -0.4 is 11.3 Å². The van der Waals surface area contributed by atoms with Crippen LogP contribution in [0.5, 0.6) is 0 Å². The minimum absolute atomic E-state index is 0.156. The Morgan fingerprint density at radius 2 is 2.05 bits per heavy atom. The summed E-state index contributed by atoms with van der Waals surface area (Å²) in [6, 6.07) is 3.73. The Morgan fingerprint density at radius 3 is 2.58 bits per heavy atom. The largest absolute Gasteiger partial charge is 0.271 e. The van der Waals surface area contributed by atoms with Crippen LogP contribution in [0.15, 0.2) is 18.2 Å². The first-order chi connectivity index (χ1) is 9.01. The molecular weight excluding hydrogens is 268 g/mol. The number of rotatable bonds is 4. The van der Waals surface area contributed by atoms with E-state index in [9.17, 15) is 8.78 Å². The number of aryl methyl sites for hydroxylation is 2. The van der Waals surface area contributed by atoms with E-state index in [4.69, 9.17) is 5.84 Å². The molecule has 0 aliphatic rings. The average molecular weight is 283 g/mol. The molecule has 2 aromatic rings. The van der Waals surface area contributed by atoms with Gasteiger partial charge in [-0.25, -0.2) is 13.8 Å². The highest BCUT2D eigenvalue weighted by atomic mass is 32.1. The monoisotopic (exact) mass is 283 g/mol. The van der Waals surface area contributed by atoms with E-state index in [2.05, 4.69) is 10.4 Å². The molecule has 0 bridgehead atoms. The first-order valence-corrected chi connectivity index (χ1v) is 6.67. The number of halogens is 2. The van der Waals surface area contributed by atoms with Crippen molar-refractivity contribution in [2.24, 2.45) is 5.84 Å². The number of benzene rings is 1. The third-order valence-corrected chi connectivity index (χ3v) is 4.07. The van der Waals surface area contributed by atoms with Gasteiger partial charge in [-0.2, -0.15) is 0 Å². The fourth-order valence-corrected chi connectivity index (χ4v) is 2.99. The maximum absolute atomic E-state index is 13.2. The van der Waals surface area contributed by atoms with Gasteiger partial charge in [0.2, 0.25) is 0 Å². The van der Waals surface area contributed by atoms with Crippen molar-refractivity contribution in [3.8, 4) is 0 Å². The van der Waals surface area contributed by atoms with Crippen LogP contribution in [-0.2, 0) is 6.42 Å². The van der Waals surface area contributed by atoms with E-state index < -0.39 is 11.6 Å². The molecule has 1 atom stereocenters. The lowest BCUT2D eigenvalue weighted by molar-refractivity contribution is 0.503. The molecule has 19 heavy (non-hydrogen) atoms. The Bertz CT molecular complexity index is 583. The summed E-state index contributed by atoms with van der Waals surface area (Å²) in [6.07, 6.45) is 0.482. The van der Waals surface area contributed by atoms with Gasteiger partial charge in [-0.15, -0.1) is 11.3 Å². The van der Waals surface area contributed by atoms with Crippen LogP contribution in [0.3, 0.4) is 0 Å². The van der Waals surface area contributed by atoms with Gasteiger partial charge in [0.1, 0.15) is 0 Å². The zero-order chi connectivity index (χ0) is 14.0. The summed E-state index contributed by atoms with van der Waals surface area (Å²) in [5.74, 6) is 3.88. The molecule has 6 heteroatoms. The van der Waals surface area contributed by atoms with Gasteiger partial charge in [0.25, 0.3) is 0 Å². The number of hydrogen-bond acceptors (Lipinski definition) is 4. The van der Waals surface area contributed by atoms with Crippen LogP contribution in [-0.4, -0.2) is 4.98 Å². The Labute approximate surface area is 114 Å². The number of nitrogens with two attached hydrogens (primary N) is 1. The van der Waals surface area contributed by atoms with Crippen LogP contribution in [0.2, 0.25) is 0 Å². The summed E-state index contributed by atoms with van der Waals surface area (Å²) in [5, 5.41) is 0.957. The predicted molar refractivity (Wildman–Crippen MR) is 71.7 cm³/mol. The van der Waals surface area contributed by atoms with Crippen molar-refractivity contribution in [2.45, 2.75) is 26.3 Å². The Kier molecular flexibility index (Phi) is 4.24. The standard InChI is InChI=1S/C13H15F2N3S/c1-7-13(19-8(2)17-7)12(18-16)6-9-3-4-10(14)11(15)5-9/h3-5,12,18H,6,16H2,1-2H3. The topological polar surface area (TPSA) is 50.9 Å². The van der Waals surface area contributed by atoms with E-state index in [1.54, 1.807) is 17.4 Å². The number of nitrogens with zero attached hydrogens (tertiary/aromatic N) is 1. The number of thiazole rings is 1. The Morgan fingerprint density at radius 1 is 1.32 bits per heavy atom. The van der Waals surface area contributed by atoms with Crippen LogP contribution in [0.4, 0.5) is 8.78 Å². The van der Waals surface area contributed by atoms with Crippen LogP contribution in [0.25, 0.3) is 0 Å². The van der Waals surface area contributed by atoms with E-state index >= 15 is 0 Å². The maximum Gasteiger partial charge on any atom is 0.159 e. The lowest BCUT2D eigenvalue weighted by atomic mass is 10.0. The Balaban J connectivity index is 2.23. The molecule has 0 aliphatic heterocycles. The summed E-state index contributed by atoms with van der Waals surface area (Å²) in [6.45, 7) is 3.83. The number of hydrogen-bond donors (Lipinski definition) is 2. The van der Waals surface area contributed by atoms with Crippen molar-refractivity contribution >= 4 is 11.3 Å². The molecule has 102 valence electrons. The Hall–Kier alpha value is -1.37. The van der Waals surface area contributed by atoms with Crippen LogP contribution in [0.1, 0.15) is 27.2 Å². The highest BCUT2D eigenvalue weighted by Gasteiger charge is 2.17. The fraction of sp³-hybridized carbons (Fsp3) is 0.308. The van der Waals surface area contributed by atoms with E-state index in [-0.39, 0.29) is 6.04 Å². The van der Waals surface area contributed by atoms with Gasteiger partial charge < -0.3 is 0 Å². The molecule has 0 spiro atoms. The molecule has 0 aliphatic carbocycles. The molecule has 1 heterocycles. The smallest absolute Gasteiger partial charge is 0.159 e. The summed E-state index contributed by atoms with van der Waals surface area (Å²) in [5.41, 5.74) is 4.31. The van der Waals surface area contributed by atoms with Crippen molar-refractivity contribution in [1.29, 1.82) is 0 Å². The van der Waals surface area contributed by atoms with Gasteiger partial charge in [0.15, 0.2) is 11.6 Å². The predicted octanol–water partition coefficient (Wildman–Crippen LogP) is 2.79. The number of nitrogens with one attached hydrogen (secondary N) is 1. The molecule has 1 aromatic heterocycles. The number of aromatic nitrogens is 1. The van der Waals surface area contributed by atoms with Gasteiger partial charge >= 0.3 is 0 Å². The van der Waals surface area contributed by atoms with Crippen molar-refractivity contribution < 1.29 is 8.78 Å². The van der Waals surface area contributed by atoms with Crippen molar-refractivity contribution in [3.63, 3.8) is 0 Å². The first kappa shape index (κ1) is 14.0. The molecule has 0 fully saturated rings. The second kappa shape index (κ2) is 5.73. The molecule has 0 saturated heterocycles. The summed E-state index contributed by atoms with van der Waals surface area (Å²) >= 11 is 1.55. The highest BCUT2D eigenvalue weighted by Crippen LogP contribution is 2.27. The van der Waals surface area contributed by atoms with Gasteiger partial charge in [0.05, 0.1) is 16.7 Å². The summed E-state index contributed by atoms with van der Waals surface area (Å²) in [4.78, 5) is 5.36. The van der Waals surface area contributed by atoms with Crippen molar-refractivity contribution in [3.05, 3.63) is 51.0 Å². The van der Waals surface area contributed by atoms with Crippen molar-refractivity contribution in [1.82, 2.24) is 10.4 Å². The third-order valence-electron chi connectivity index (χ3n) is 2.88.